The third kappa shape index (κ3) is 6.24. The number of ether oxygens (including phenoxy) is 2. The summed E-state index contributed by atoms with van der Waals surface area (Å²) in [6.07, 6.45) is 0.617. The Kier molecular flexibility index (Phi) is 8.27. The second-order valence-electron chi connectivity index (χ2n) is 8.82. The third-order valence-corrected chi connectivity index (χ3v) is 6.85. The normalized spacial score (nSPS) is 17.6. The number of benzene rings is 2. The number of hydrogen-bond donors (Lipinski definition) is 0. The van der Waals surface area contributed by atoms with Crippen molar-refractivity contribution in [1.29, 1.82) is 0 Å². The van der Waals surface area contributed by atoms with Crippen molar-refractivity contribution in [3.8, 4) is 5.75 Å². The highest BCUT2D eigenvalue weighted by atomic mass is 32.1. The summed E-state index contributed by atoms with van der Waals surface area (Å²) in [7, 11) is 1.74. The minimum atomic E-state index is -1.07. The van der Waals surface area contributed by atoms with Crippen LogP contribution in [0, 0.1) is 5.82 Å². The molecule has 2 amide bonds. The van der Waals surface area contributed by atoms with Gasteiger partial charge >= 0.3 is 0 Å². The lowest BCUT2D eigenvalue weighted by atomic mass is 9.96. The van der Waals surface area contributed by atoms with Gasteiger partial charge in [-0.2, -0.15) is 0 Å². The van der Waals surface area contributed by atoms with Crippen LogP contribution < -0.4 is 4.74 Å². The summed E-state index contributed by atoms with van der Waals surface area (Å²) in [4.78, 5) is 30.4. The van der Waals surface area contributed by atoms with Crippen LogP contribution in [0.1, 0.15) is 34.3 Å². The maximum atomic E-state index is 13.3. The molecule has 1 fully saturated rings. The molecule has 3 aromatic rings. The monoisotopic (exact) mass is 512 g/mol. The molecule has 1 aliphatic heterocycles. The molecule has 0 saturated carbocycles. The molecule has 0 N–H and O–H groups in total. The van der Waals surface area contributed by atoms with Crippen LogP contribution in [0.25, 0.3) is 0 Å². The molecule has 4 rings (SSSR count). The van der Waals surface area contributed by atoms with Crippen LogP contribution in [0.4, 0.5) is 4.39 Å². The largest absolute Gasteiger partial charge is 0.490 e. The fourth-order valence-electron chi connectivity index (χ4n) is 4.11. The lowest BCUT2D eigenvalue weighted by Gasteiger charge is -2.42. The molecular formula is C26H29FN4O4S. The van der Waals surface area contributed by atoms with E-state index in [2.05, 4.69) is 9.59 Å². The molecule has 10 heteroatoms. The highest BCUT2D eigenvalue weighted by Crippen LogP contribution is 2.27. The van der Waals surface area contributed by atoms with E-state index >= 15 is 0 Å². The molecule has 190 valence electrons. The van der Waals surface area contributed by atoms with Crippen molar-refractivity contribution < 1.29 is 23.5 Å². The molecule has 8 nitrogen and oxygen atoms in total. The molecule has 0 spiro atoms. The van der Waals surface area contributed by atoms with Crippen molar-refractivity contribution >= 4 is 23.3 Å². The number of hydrogen-bond acceptors (Lipinski definition) is 7. The topological polar surface area (TPSA) is 84.9 Å². The summed E-state index contributed by atoms with van der Waals surface area (Å²) < 4.78 is 29.4. The van der Waals surface area contributed by atoms with Crippen LogP contribution >= 0.6 is 11.5 Å². The number of nitrogens with zero attached hydrogens (tertiary/aromatic N) is 4. The van der Waals surface area contributed by atoms with Gasteiger partial charge in [0.25, 0.3) is 5.91 Å². The van der Waals surface area contributed by atoms with E-state index < -0.39 is 5.60 Å². The van der Waals surface area contributed by atoms with Crippen LogP contribution in [0.15, 0.2) is 54.6 Å². The van der Waals surface area contributed by atoms with E-state index in [-0.39, 0.29) is 43.8 Å². The standard InChI is InChI=1S/C26H29FN4O4S/c1-3-22-24(36-29-28-22)25(33)31-13-14-35-26(17-31,18-34-21-11-9-20(27)10-12-21)15-23(32)30(2)16-19-7-5-4-6-8-19/h4-12H,3,13-18H2,1-2H3/t26-/m1/s1. The predicted molar refractivity (Wildman–Crippen MR) is 133 cm³/mol. The van der Waals surface area contributed by atoms with Gasteiger partial charge in [0, 0.05) is 20.1 Å². The van der Waals surface area contributed by atoms with Gasteiger partial charge in [0.1, 0.15) is 28.7 Å². The first-order valence-corrected chi connectivity index (χ1v) is 12.6. The lowest BCUT2D eigenvalue weighted by Crippen LogP contribution is -2.58. The average Bonchev–Trinajstić information content (AvgIpc) is 3.38. The highest BCUT2D eigenvalue weighted by Gasteiger charge is 2.42. The molecule has 1 saturated heterocycles. The molecule has 1 aromatic heterocycles. The summed E-state index contributed by atoms with van der Waals surface area (Å²) in [5, 5.41) is 4.06. The number of carbonyl (C=O) groups is 2. The molecule has 36 heavy (non-hydrogen) atoms. The Morgan fingerprint density at radius 3 is 2.67 bits per heavy atom. The van der Waals surface area contributed by atoms with Crippen molar-refractivity contribution in [2.45, 2.75) is 31.9 Å². The first-order valence-electron chi connectivity index (χ1n) is 11.8. The Balaban J connectivity index is 1.53. The van der Waals surface area contributed by atoms with Gasteiger partial charge in [-0.05, 0) is 47.8 Å². The van der Waals surface area contributed by atoms with E-state index in [9.17, 15) is 14.0 Å². The van der Waals surface area contributed by atoms with Crippen molar-refractivity contribution in [2.24, 2.45) is 0 Å². The van der Waals surface area contributed by atoms with E-state index in [0.717, 1.165) is 17.1 Å². The zero-order valence-corrected chi connectivity index (χ0v) is 21.2. The molecule has 2 aromatic carbocycles. The number of morpholine rings is 1. The fraction of sp³-hybridized carbons (Fsp3) is 0.385. The summed E-state index contributed by atoms with van der Waals surface area (Å²) >= 11 is 1.07. The summed E-state index contributed by atoms with van der Waals surface area (Å²) in [5.41, 5.74) is 0.592. The molecular weight excluding hydrogens is 483 g/mol. The maximum absolute atomic E-state index is 13.3. The van der Waals surface area contributed by atoms with Crippen LogP contribution in [-0.2, 0) is 22.5 Å². The molecule has 0 unspecified atom stereocenters. The van der Waals surface area contributed by atoms with Gasteiger partial charge in [-0.15, -0.1) is 5.10 Å². The molecule has 1 atom stereocenters. The van der Waals surface area contributed by atoms with Gasteiger partial charge in [-0.3, -0.25) is 9.59 Å². The van der Waals surface area contributed by atoms with Gasteiger partial charge < -0.3 is 19.3 Å². The van der Waals surface area contributed by atoms with Crippen LogP contribution in [0.3, 0.4) is 0 Å². The number of aryl methyl sites for hydroxylation is 1. The van der Waals surface area contributed by atoms with E-state index in [4.69, 9.17) is 9.47 Å². The summed E-state index contributed by atoms with van der Waals surface area (Å²) in [6, 6.07) is 15.4. The summed E-state index contributed by atoms with van der Waals surface area (Å²) in [6.45, 7) is 3.19. The van der Waals surface area contributed by atoms with Gasteiger partial charge in [-0.25, -0.2) is 4.39 Å². The zero-order valence-electron chi connectivity index (χ0n) is 20.4. The number of amides is 2. The van der Waals surface area contributed by atoms with E-state index in [0.29, 0.717) is 35.8 Å². The quantitative estimate of drug-likeness (QED) is 0.436. The minimum Gasteiger partial charge on any atom is -0.490 e. The SMILES string of the molecule is CCc1nnsc1C(=O)N1CCO[C@](COc2ccc(F)cc2)(CC(=O)N(C)Cc2ccccc2)C1. The first-order chi connectivity index (χ1) is 17.4. The number of rotatable bonds is 9. The highest BCUT2D eigenvalue weighted by molar-refractivity contribution is 7.08. The summed E-state index contributed by atoms with van der Waals surface area (Å²) in [5.74, 6) is -0.232. The van der Waals surface area contributed by atoms with Crippen molar-refractivity contribution in [3.63, 3.8) is 0 Å². The van der Waals surface area contributed by atoms with Gasteiger partial charge in [-0.1, -0.05) is 41.7 Å². The lowest BCUT2D eigenvalue weighted by molar-refractivity contribution is -0.152. The molecule has 0 aliphatic carbocycles. The van der Waals surface area contributed by atoms with Crippen LogP contribution in [0.5, 0.6) is 5.75 Å². The molecule has 1 aliphatic rings. The Morgan fingerprint density at radius 2 is 1.94 bits per heavy atom. The average molecular weight is 513 g/mol. The number of aromatic nitrogens is 2. The fourth-order valence-corrected chi connectivity index (χ4v) is 4.83. The number of halogens is 1. The minimum absolute atomic E-state index is 0.0167. The Hall–Kier alpha value is -3.37. The van der Waals surface area contributed by atoms with Gasteiger partial charge in [0.2, 0.25) is 5.91 Å². The second-order valence-corrected chi connectivity index (χ2v) is 9.57. The van der Waals surface area contributed by atoms with Crippen molar-refractivity contribution in [1.82, 2.24) is 19.4 Å². The van der Waals surface area contributed by atoms with Crippen molar-refractivity contribution in [3.05, 3.63) is 76.5 Å². The van der Waals surface area contributed by atoms with E-state index in [1.54, 1.807) is 16.8 Å². The smallest absolute Gasteiger partial charge is 0.267 e. The number of carbonyl (C=O) groups excluding carboxylic acids is 2. The van der Waals surface area contributed by atoms with E-state index in [1.807, 2.05) is 37.3 Å². The molecule has 2 heterocycles. The Morgan fingerprint density at radius 1 is 1.19 bits per heavy atom. The van der Waals surface area contributed by atoms with Crippen LogP contribution in [0.2, 0.25) is 0 Å². The zero-order chi connectivity index (χ0) is 25.5. The van der Waals surface area contributed by atoms with Gasteiger partial charge in [0.05, 0.1) is 25.3 Å². The Labute approximate surface area is 213 Å². The van der Waals surface area contributed by atoms with Gasteiger partial charge in [0.15, 0.2) is 0 Å². The maximum Gasteiger partial charge on any atom is 0.267 e. The first kappa shape index (κ1) is 25.7. The van der Waals surface area contributed by atoms with Crippen LogP contribution in [-0.4, -0.2) is 70.2 Å². The second kappa shape index (κ2) is 11.6. The molecule has 0 bridgehead atoms. The van der Waals surface area contributed by atoms with E-state index in [1.165, 1.54) is 24.3 Å². The van der Waals surface area contributed by atoms with Crippen molar-refractivity contribution in [2.75, 3.05) is 33.4 Å². The predicted octanol–water partition coefficient (Wildman–Crippen LogP) is 3.58. The third-order valence-electron chi connectivity index (χ3n) is 6.10. The Bertz CT molecular complexity index is 1170. The molecule has 0 radical (unpaired) electrons.